The molecule has 0 saturated heterocycles. The molecular formula is C30H31N6O2S2. The van der Waals surface area contributed by atoms with Crippen LogP contribution in [-0.4, -0.2) is 61.4 Å². The minimum absolute atomic E-state index is 0.00753. The predicted octanol–water partition coefficient (Wildman–Crippen LogP) is 5.67. The van der Waals surface area contributed by atoms with Crippen molar-refractivity contribution in [1.29, 1.82) is 0 Å². The summed E-state index contributed by atoms with van der Waals surface area (Å²) >= 11 is 0. The molecule has 4 rings (SSSR count). The third kappa shape index (κ3) is 7.25. The Morgan fingerprint density at radius 2 is 1.45 bits per heavy atom. The van der Waals surface area contributed by atoms with Gasteiger partial charge in [-0.1, -0.05) is 54.8 Å². The molecule has 2 aromatic heterocycles. The standard InChI is InChI=1S/C30H31N6O2S2/c1-4-7-12-22(27-33-25(28(37)35(27)17-5-2)19-23-13-8-10-15-31-23)21-39-40-30-34-26(29(38)36(30)18-6-3)20-24-14-9-11-16-32-24/h5-6,8-11,13-16,19-20,22H,1-4,7,12,17-18,21H2/b25-19-,26-20-. The summed E-state index contributed by atoms with van der Waals surface area (Å²) in [7, 11) is 3.01. The molecule has 8 nitrogen and oxygen atoms in total. The largest absolute Gasteiger partial charge is 0.291 e. The van der Waals surface area contributed by atoms with Crippen molar-refractivity contribution < 1.29 is 9.59 Å². The SMILES string of the molecule is [CH2]CCCC(CSSC1=N/C(=C\c2ccccn2)C(=O)N1CC=C)C1=N/C(=C\c2ccccn2)C(=O)N1CC=C. The van der Waals surface area contributed by atoms with Crippen LogP contribution in [0.3, 0.4) is 0 Å². The minimum atomic E-state index is -0.186. The van der Waals surface area contributed by atoms with Crippen molar-refractivity contribution in [2.45, 2.75) is 19.3 Å². The van der Waals surface area contributed by atoms with Crippen LogP contribution in [0.5, 0.6) is 0 Å². The van der Waals surface area contributed by atoms with E-state index in [-0.39, 0.29) is 17.7 Å². The summed E-state index contributed by atoms with van der Waals surface area (Å²) in [4.78, 5) is 47.6. The molecule has 0 aliphatic carbocycles. The van der Waals surface area contributed by atoms with Gasteiger partial charge in [0.2, 0.25) is 0 Å². The van der Waals surface area contributed by atoms with Gasteiger partial charge in [0, 0.05) is 37.2 Å². The number of aromatic nitrogens is 2. The molecule has 1 atom stereocenters. The smallest absolute Gasteiger partial charge is 0.278 e. The third-order valence-corrected chi connectivity index (χ3v) is 8.35. The third-order valence-electron chi connectivity index (χ3n) is 6.03. The minimum Gasteiger partial charge on any atom is -0.291 e. The first-order valence-corrected chi connectivity index (χ1v) is 15.2. The number of pyridine rings is 2. The normalized spacial score (nSPS) is 17.9. The number of rotatable bonds is 13. The summed E-state index contributed by atoms with van der Waals surface area (Å²) in [6.45, 7) is 12.3. The first kappa shape index (κ1) is 29.2. The molecule has 1 unspecified atom stereocenters. The monoisotopic (exact) mass is 571 g/mol. The highest BCUT2D eigenvalue weighted by Crippen LogP contribution is 2.35. The van der Waals surface area contributed by atoms with Gasteiger partial charge in [0.05, 0.1) is 11.4 Å². The summed E-state index contributed by atoms with van der Waals surface area (Å²) in [6.07, 6.45) is 12.7. The maximum absolute atomic E-state index is 13.3. The van der Waals surface area contributed by atoms with Gasteiger partial charge in [-0.2, -0.15) is 0 Å². The number of hydrogen-bond donors (Lipinski definition) is 0. The van der Waals surface area contributed by atoms with Gasteiger partial charge >= 0.3 is 0 Å². The van der Waals surface area contributed by atoms with Gasteiger partial charge in [-0.15, -0.1) is 13.2 Å². The van der Waals surface area contributed by atoms with Gasteiger partial charge in [-0.3, -0.25) is 29.4 Å². The molecule has 2 aliphatic rings. The first-order valence-electron chi connectivity index (χ1n) is 12.9. The summed E-state index contributed by atoms with van der Waals surface area (Å²) in [5.74, 6) is 1.03. The van der Waals surface area contributed by atoms with Crippen LogP contribution >= 0.6 is 21.6 Å². The van der Waals surface area contributed by atoms with Crippen molar-refractivity contribution in [3.8, 4) is 0 Å². The fourth-order valence-corrected chi connectivity index (χ4v) is 6.55. The Balaban J connectivity index is 1.53. The Kier molecular flexibility index (Phi) is 10.7. The number of aliphatic imine (C=N–C) groups is 2. The molecule has 10 heteroatoms. The van der Waals surface area contributed by atoms with Crippen LogP contribution in [0.15, 0.2) is 95.5 Å². The van der Waals surface area contributed by atoms with E-state index in [4.69, 9.17) is 4.99 Å². The first-order chi connectivity index (χ1) is 19.5. The molecule has 2 amide bonds. The van der Waals surface area contributed by atoms with Gasteiger partial charge in [-0.25, -0.2) is 9.98 Å². The van der Waals surface area contributed by atoms with E-state index in [1.54, 1.807) is 57.3 Å². The Morgan fingerprint density at radius 3 is 2.02 bits per heavy atom. The van der Waals surface area contributed by atoms with E-state index in [0.717, 1.165) is 25.1 Å². The highest BCUT2D eigenvalue weighted by atomic mass is 33.1. The van der Waals surface area contributed by atoms with E-state index in [0.29, 0.717) is 46.8 Å². The quantitative estimate of drug-likeness (QED) is 0.175. The maximum Gasteiger partial charge on any atom is 0.278 e. The van der Waals surface area contributed by atoms with Crippen LogP contribution in [0.1, 0.15) is 30.7 Å². The molecule has 2 aliphatic heterocycles. The molecule has 0 aromatic carbocycles. The summed E-state index contributed by atoms with van der Waals surface area (Å²) in [5.41, 5.74) is 2.04. The number of nitrogens with zero attached hydrogens (tertiary/aromatic N) is 6. The van der Waals surface area contributed by atoms with Crippen molar-refractivity contribution in [2.75, 3.05) is 18.8 Å². The van der Waals surface area contributed by atoms with E-state index < -0.39 is 0 Å². The lowest BCUT2D eigenvalue weighted by molar-refractivity contribution is -0.123. The molecule has 40 heavy (non-hydrogen) atoms. The maximum atomic E-state index is 13.3. The Hall–Kier alpha value is -3.76. The number of carbonyl (C=O) groups excluding carboxylic acids is 2. The van der Waals surface area contributed by atoms with E-state index in [1.165, 1.54) is 10.8 Å². The number of amides is 2. The van der Waals surface area contributed by atoms with E-state index in [2.05, 4.69) is 35.0 Å². The van der Waals surface area contributed by atoms with E-state index in [9.17, 15) is 9.59 Å². The van der Waals surface area contributed by atoms with Crippen molar-refractivity contribution in [3.05, 3.63) is 104 Å². The van der Waals surface area contributed by atoms with Gasteiger partial charge in [0.25, 0.3) is 11.8 Å². The van der Waals surface area contributed by atoms with Gasteiger partial charge in [0.1, 0.15) is 17.2 Å². The predicted molar refractivity (Wildman–Crippen MR) is 166 cm³/mol. The van der Waals surface area contributed by atoms with E-state index in [1.807, 2.05) is 36.4 Å². The van der Waals surface area contributed by atoms with Crippen molar-refractivity contribution >= 4 is 56.6 Å². The molecule has 4 heterocycles. The van der Waals surface area contributed by atoms with Gasteiger partial charge < -0.3 is 0 Å². The Morgan fingerprint density at radius 1 is 0.850 bits per heavy atom. The number of amidine groups is 2. The molecule has 2 aromatic rings. The zero-order valence-electron chi connectivity index (χ0n) is 22.2. The fourth-order valence-electron chi connectivity index (χ4n) is 4.12. The lowest BCUT2D eigenvalue weighted by Gasteiger charge is -2.24. The summed E-state index contributed by atoms with van der Waals surface area (Å²) < 4.78 is 0. The van der Waals surface area contributed by atoms with Crippen LogP contribution in [0.25, 0.3) is 12.2 Å². The second-order valence-electron chi connectivity index (χ2n) is 8.90. The second kappa shape index (κ2) is 14.6. The molecule has 1 radical (unpaired) electrons. The highest BCUT2D eigenvalue weighted by Gasteiger charge is 2.35. The van der Waals surface area contributed by atoms with Gasteiger partial charge in [-0.05, 0) is 53.6 Å². The van der Waals surface area contributed by atoms with E-state index >= 15 is 0 Å². The average molecular weight is 572 g/mol. The van der Waals surface area contributed by atoms with Crippen molar-refractivity contribution in [1.82, 2.24) is 19.8 Å². The van der Waals surface area contributed by atoms with Crippen LogP contribution in [-0.2, 0) is 9.59 Å². The molecule has 0 N–H and O–H groups in total. The number of carbonyl (C=O) groups is 2. The van der Waals surface area contributed by atoms with Crippen LogP contribution < -0.4 is 0 Å². The fraction of sp³-hybridized carbons (Fsp3) is 0.233. The zero-order chi connectivity index (χ0) is 28.3. The number of hydrogen-bond acceptors (Lipinski definition) is 8. The van der Waals surface area contributed by atoms with Gasteiger partial charge in [0.15, 0.2) is 5.17 Å². The molecule has 205 valence electrons. The summed E-state index contributed by atoms with van der Waals surface area (Å²) in [5, 5.41) is 0.594. The molecule has 0 fully saturated rings. The molecule has 0 spiro atoms. The molecule has 0 saturated carbocycles. The highest BCUT2D eigenvalue weighted by molar-refractivity contribution is 8.82. The van der Waals surface area contributed by atoms with Crippen LogP contribution in [0.2, 0.25) is 0 Å². The van der Waals surface area contributed by atoms with Crippen molar-refractivity contribution in [3.63, 3.8) is 0 Å². The topological polar surface area (TPSA) is 91.1 Å². The molecular weight excluding hydrogens is 541 g/mol. The lowest BCUT2D eigenvalue weighted by Crippen LogP contribution is -2.37. The second-order valence-corrected chi connectivity index (χ2v) is 11.2. The molecule has 0 bridgehead atoms. The van der Waals surface area contributed by atoms with Crippen LogP contribution in [0.4, 0.5) is 0 Å². The summed E-state index contributed by atoms with van der Waals surface area (Å²) in [6, 6.07) is 11.1. The number of unbranched alkanes of at least 4 members (excludes halogenated alkanes) is 1. The zero-order valence-corrected chi connectivity index (χ0v) is 23.8. The van der Waals surface area contributed by atoms with Crippen molar-refractivity contribution in [2.24, 2.45) is 15.9 Å². The van der Waals surface area contributed by atoms with Crippen LogP contribution in [0, 0.1) is 12.8 Å². The Labute approximate surface area is 243 Å². The average Bonchev–Trinajstić information content (AvgIpc) is 3.43. The lowest BCUT2D eigenvalue weighted by atomic mass is 10.0. The Bertz CT molecular complexity index is 1350.